The summed E-state index contributed by atoms with van der Waals surface area (Å²) in [6.07, 6.45) is 0. The van der Waals surface area contributed by atoms with Gasteiger partial charge in [0.05, 0.1) is 0 Å². The van der Waals surface area contributed by atoms with E-state index >= 15 is 0 Å². The minimum atomic E-state index is -0.667. The van der Waals surface area contributed by atoms with Crippen LogP contribution in [0.25, 0.3) is 11.0 Å². The summed E-state index contributed by atoms with van der Waals surface area (Å²) in [5.74, 6) is -0.941. The molecule has 0 atom stereocenters. The standard InChI is InChI=1S/C19H16N2O4/c1-21(11-12-6-8-13(9-7-12)17(20)22)18(23)15-10-14-4-2-3-5-16(14)25-19(15)24/h2-10H,11H2,1H3,(H2,20,22). The summed E-state index contributed by atoms with van der Waals surface area (Å²) in [4.78, 5) is 37.2. The zero-order chi connectivity index (χ0) is 18.0. The maximum atomic E-state index is 12.6. The van der Waals surface area contributed by atoms with Crippen LogP contribution < -0.4 is 11.4 Å². The lowest BCUT2D eigenvalue weighted by Gasteiger charge is -2.17. The van der Waals surface area contributed by atoms with Crippen molar-refractivity contribution < 1.29 is 14.0 Å². The number of hydrogen-bond donors (Lipinski definition) is 1. The van der Waals surface area contributed by atoms with Gasteiger partial charge in [-0.05, 0) is 29.8 Å². The number of fused-ring (bicyclic) bond motifs is 1. The fourth-order valence-electron chi connectivity index (χ4n) is 2.54. The van der Waals surface area contributed by atoms with Gasteiger partial charge in [0.25, 0.3) is 5.91 Å². The summed E-state index contributed by atoms with van der Waals surface area (Å²) >= 11 is 0. The maximum absolute atomic E-state index is 12.6. The molecule has 3 rings (SSSR count). The van der Waals surface area contributed by atoms with Crippen molar-refractivity contribution in [3.05, 3.63) is 81.7 Å². The van der Waals surface area contributed by atoms with E-state index < -0.39 is 17.4 Å². The molecule has 2 aromatic carbocycles. The lowest BCUT2D eigenvalue weighted by molar-refractivity contribution is 0.0780. The van der Waals surface area contributed by atoms with E-state index in [1.807, 2.05) is 0 Å². The van der Waals surface area contributed by atoms with E-state index in [0.29, 0.717) is 16.5 Å². The second kappa shape index (κ2) is 6.60. The Kier molecular flexibility index (Phi) is 4.35. The van der Waals surface area contributed by atoms with Crippen molar-refractivity contribution in [1.29, 1.82) is 0 Å². The molecule has 3 aromatic rings. The van der Waals surface area contributed by atoms with Gasteiger partial charge in [-0.3, -0.25) is 9.59 Å². The molecule has 0 saturated carbocycles. The molecule has 1 heterocycles. The highest BCUT2D eigenvalue weighted by molar-refractivity contribution is 5.96. The molecule has 0 aliphatic carbocycles. The Bertz CT molecular complexity index is 1010. The van der Waals surface area contributed by atoms with E-state index in [1.165, 1.54) is 11.0 Å². The first-order valence-corrected chi connectivity index (χ1v) is 7.63. The van der Waals surface area contributed by atoms with E-state index in [-0.39, 0.29) is 12.1 Å². The van der Waals surface area contributed by atoms with E-state index in [1.54, 1.807) is 55.6 Å². The first kappa shape index (κ1) is 16.4. The summed E-state index contributed by atoms with van der Waals surface area (Å²) in [5, 5.41) is 0.685. The molecule has 1 aromatic heterocycles. The van der Waals surface area contributed by atoms with Gasteiger partial charge >= 0.3 is 5.63 Å². The average molecular weight is 336 g/mol. The first-order valence-electron chi connectivity index (χ1n) is 7.63. The first-order chi connectivity index (χ1) is 12.0. The number of rotatable bonds is 4. The van der Waals surface area contributed by atoms with Gasteiger partial charge in [0.1, 0.15) is 11.1 Å². The summed E-state index contributed by atoms with van der Waals surface area (Å²) in [6, 6.07) is 15.2. The molecular weight excluding hydrogens is 320 g/mol. The van der Waals surface area contributed by atoms with Gasteiger partial charge in [-0.1, -0.05) is 30.3 Å². The van der Waals surface area contributed by atoms with Gasteiger partial charge in [0.15, 0.2) is 0 Å². The number of primary amides is 1. The third-order valence-corrected chi connectivity index (χ3v) is 3.88. The van der Waals surface area contributed by atoms with Gasteiger partial charge in [0, 0.05) is 24.5 Å². The van der Waals surface area contributed by atoms with Crippen LogP contribution >= 0.6 is 0 Å². The lowest BCUT2D eigenvalue weighted by atomic mass is 10.1. The number of carbonyl (C=O) groups excluding carboxylic acids is 2. The van der Waals surface area contributed by atoms with Crippen LogP contribution in [0.2, 0.25) is 0 Å². The van der Waals surface area contributed by atoms with Crippen molar-refractivity contribution in [3.8, 4) is 0 Å². The predicted octanol–water partition coefficient (Wildman–Crippen LogP) is 2.16. The van der Waals surface area contributed by atoms with Gasteiger partial charge in [-0.2, -0.15) is 0 Å². The van der Waals surface area contributed by atoms with Crippen LogP contribution in [0.1, 0.15) is 26.3 Å². The van der Waals surface area contributed by atoms with Gasteiger partial charge in [-0.15, -0.1) is 0 Å². The van der Waals surface area contributed by atoms with Crippen LogP contribution in [0.4, 0.5) is 0 Å². The number of hydrogen-bond acceptors (Lipinski definition) is 4. The van der Waals surface area contributed by atoms with E-state index in [9.17, 15) is 14.4 Å². The van der Waals surface area contributed by atoms with Gasteiger partial charge in [-0.25, -0.2) is 4.79 Å². The molecule has 0 saturated heterocycles. The molecule has 0 spiro atoms. The Hall–Kier alpha value is -3.41. The average Bonchev–Trinajstić information content (AvgIpc) is 2.61. The number of nitrogens with two attached hydrogens (primary N) is 1. The predicted molar refractivity (Wildman–Crippen MR) is 93.2 cm³/mol. The van der Waals surface area contributed by atoms with E-state index in [4.69, 9.17) is 10.2 Å². The third-order valence-electron chi connectivity index (χ3n) is 3.88. The maximum Gasteiger partial charge on any atom is 0.349 e. The second-order valence-electron chi connectivity index (χ2n) is 5.71. The molecule has 25 heavy (non-hydrogen) atoms. The molecule has 6 nitrogen and oxygen atoms in total. The second-order valence-corrected chi connectivity index (χ2v) is 5.71. The quantitative estimate of drug-likeness (QED) is 0.739. The summed E-state index contributed by atoms with van der Waals surface area (Å²) in [6.45, 7) is 0.282. The van der Waals surface area contributed by atoms with Crippen LogP contribution in [-0.2, 0) is 6.54 Å². The van der Waals surface area contributed by atoms with Crippen LogP contribution in [0.3, 0.4) is 0 Å². The highest BCUT2D eigenvalue weighted by Crippen LogP contribution is 2.14. The molecule has 0 unspecified atom stereocenters. The highest BCUT2D eigenvalue weighted by atomic mass is 16.4. The summed E-state index contributed by atoms with van der Waals surface area (Å²) < 4.78 is 5.20. The van der Waals surface area contributed by atoms with Crippen molar-refractivity contribution >= 4 is 22.8 Å². The number of amides is 2. The molecule has 2 N–H and O–H groups in total. The van der Waals surface area contributed by atoms with Crippen molar-refractivity contribution in [2.45, 2.75) is 6.54 Å². The van der Waals surface area contributed by atoms with Crippen molar-refractivity contribution in [1.82, 2.24) is 4.90 Å². The minimum absolute atomic E-state index is 0.0186. The molecule has 0 fully saturated rings. The number of benzene rings is 2. The van der Waals surface area contributed by atoms with E-state index in [0.717, 1.165) is 5.56 Å². The largest absolute Gasteiger partial charge is 0.422 e. The monoisotopic (exact) mass is 336 g/mol. The zero-order valence-electron chi connectivity index (χ0n) is 13.6. The Morgan fingerprint density at radius 3 is 2.44 bits per heavy atom. The van der Waals surface area contributed by atoms with Crippen LogP contribution in [0.5, 0.6) is 0 Å². The van der Waals surface area contributed by atoms with Gasteiger partial charge < -0.3 is 15.1 Å². The molecular formula is C19H16N2O4. The fraction of sp³-hybridized carbons (Fsp3) is 0.105. The Morgan fingerprint density at radius 1 is 1.08 bits per heavy atom. The smallest absolute Gasteiger partial charge is 0.349 e. The summed E-state index contributed by atoms with van der Waals surface area (Å²) in [5.41, 5.74) is 6.16. The fourth-order valence-corrected chi connectivity index (χ4v) is 2.54. The molecule has 6 heteroatoms. The molecule has 126 valence electrons. The molecule has 0 bridgehead atoms. The van der Waals surface area contributed by atoms with E-state index in [2.05, 4.69) is 0 Å². The highest BCUT2D eigenvalue weighted by Gasteiger charge is 2.18. The Morgan fingerprint density at radius 2 is 1.76 bits per heavy atom. The molecule has 0 aliphatic rings. The van der Waals surface area contributed by atoms with Crippen LogP contribution in [-0.4, -0.2) is 23.8 Å². The topological polar surface area (TPSA) is 93.6 Å². The Balaban J connectivity index is 1.83. The van der Waals surface area contributed by atoms with Crippen molar-refractivity contribution in [2.75, 3.05) is 7.05 Å². The Labute approximate surface area is 143 Å². The number of nitrogens with zero attached hydrogens (tertiary/aromatic N) is 1. The normalized spacial score (nSPS) is 10.6. The van der Waals surface area contributed by atoms with Crippen molar-refractivity contribution in [3.63, 3.8) is 0 Å². The number of para-hydroxylation sites is 1. The third kappa shape index (κ3) is 3.42. The zero-order valence-corrected chi connectivity index (χ0v) is 13.6. The lowest BCUT2D eigenvalue weighted by Crippen LogP contribution is -2.30. The minimum Gasteiger partial charge on any atom is -0.422 e. The SMILES string of the molecule is CN(Cc1ccc(C(N)=O)cc1)C(=O)c1cc2ccccc2oc1=O. The molecule has 0 aliphatic heterocycles. The number of carbonyl (C=O) groups is 2. The van der Waals surface area contributed by atoms with Crippen LogP contribution in [0.15, 0.2) is 63.8 Å². The van der Waals surface area contributed by atoms with Gasteiger partial charge in [0.2, 0.25) is 5.91 Å². The summed E-state index contributed by atoms with van der Waals surface area (Å²) in [7, 11) is 1.60. The molecule has 0 radical (unpaired) electrons. The molecule has 2 amide bonds. The van der Waals surface area contributed by atoms with Crippen LogP contribution in [0, 0.1) is 0 Å². The van der Waals surface area contributed by atoms with Crippen molar-refractivity contribution in [2.24, 2.45) is 5.73 Å².